The zero-order chi connectivity index (χ0) is 10.9. The minimum absolute atomic E-state index is 0.0654. The molecule has 0 bridgehead atoms. The molecule has 15 heavy (non-hydrogen) atoms. The molecule has 0 spiro atoms. The van der Waals surface area contributed by atoms with E-state index in [1.807, 2.05) is 0 Å². The van der Waals surface area contributed by atoms with Gasteiger partial charge in [0.2, 0.25) is 10.0 Å². The van der Waals surface area contributed by atoms with Crippen LogP contribution < -0.4 is 5.73 Å². The Kier molecular flexibility index (Phi) is 3.33. The lowest BCUT2D eigenvalue weighted by molar-refractivity contribution is 0.386. The van der Waals surface area contributed by atoms with E-state index in [0.29, 0.717) is 13.1 Å². The third-order valence-corrected chi connectivity index (χ3v) is 6.09. The van der Waals surface area contributed by atoms with Crippen LogP contribution in [0, 0.1) is 0 Å². The molecule has 0 aromatic carbocycles. The molecule has 1 unspecified atom stereocenters. The lowest BCUT2D eigenvalue weighted by Gasteiger charge is -2.26. The summed E-state index contributed by atoms with van der Waals surface area (Å²) in [5.74, 6) is 0. The monoisotopic (exact) mass is 232 g/mol. The normalized spacial score (nSPS) is 30.1. The maximum absolute atomic E-state index is 12.3. The number of hydrogen-bond acceptors (Lipinski definition) is 3. The van der Waals surface area contributed by atoms with E-state index in [2.05, 4.69) is 0 Å². The molecule has 2 rings (SSSR count). The maximum Gasteiger partial charge on any atom is 0.217 e. The molecule has 0 aromatic heterocycles. The molecular formula is C10H20N2O2S. The average Bonchev–Trinajstić information content (AvgIpc) is 2.89. The minimum Gasteiger partial charge on any atom is -0.329 e. The van der Waals surface area contributed by atoms with Crippen LogP contribution >= 0.6 is 0 Å². The number of nitrogens with two attached hydrogens (primary N) is 1. The first-order valence-corrected chi connectivity index (χ1v) is 7.37. The Morgan fingerprint density at radius 1 is 1.13 bits per heavy atom. The van der Waals surface area contributed by atoms with Gasteiger partial charge < -0.3 is 5.73 Å². The van der Waals surface area contributed by atoms with Gasteiger partial charge in [-0.1, -0.05) is 12.8 Å². The van der Waals surface area contributed by atoms with E-state index in [-0.39, 0.29) is 11.3 Å². The molecule has 4 nitrogen and oxygen atoms in total. The van der Waals surface area contributed by atoms with Crippen LogP contribution in [0.25, 0.3) is 0 Å². The van der Waals surface area contributed by atoms with Crippen molar-refractivity contribution in [3.63, 3.8) is 0 Å². The van der Waals surface area contributed by atoms with Crippen LogP contribution in [0.15, 0.2) is 0 Å². The summed E-state index contributed by atoms with van der Waals surface area (Å²) in [6.07, 6.45) is 5.71. The van der Waals surface area contributed by atoms with Gasteiger partial charge >= 0.3 is 0 Å². The van der Waals surface area contributed by atoms with Crippen LogP contribution in [-0.2, 0) is 10.0 Å². The van der Waals surface area contributed by atoms with Crippen molar-refractivity contribution in [1.29, 1.82) is 0 Å². The summed E-state index contributed by atoms with van der Waals surface area (Å²) in [4.78, 5) is 0. The molecule has 1 saturated carbocycles. The Hall–Kier alpha value is -0.130. The van der Waals surface area contributed by atoms with E-state index in [0.717, 1.165) is 38.5 Å². The topological polar surface area (TPSA) is 63.4 Å². The molecule has 2 N–H and O–H groups in total. The second-order valence-corrected chi connectivity index (χ2v) is 6.76. The van der Waals surface area contributed by atoms with Crippen molar-refractivity contribution in [3.8, 4) is 0 Å². The molecule has 1 aliphatic heterocycles. The van der Waals surface area contributed by atoms with Gasteiger partial charge in [-0.05, 0) is 25.7 Å². The highest BCUT2D eigenvalue weighted by Crippen LogP contribution is 2.31. The Bertz CT molecular complexity index is 309. The Balaban J connectivity index is 2.13. The number of sulfonamides is 1. The van der Waals surface area contributed by atoms with Gasteiger partial charge in [0.15, 0.2) is 0 Å². The number of rotatable bonds is 3. The summed E-state index contributed by atoms with van der Waals surface area (Å²) >= 11 is 0. The summed E-state index contributed by atoms with van der Waals surface area (Å²) < 4.78 is 26.2. The molecule has 1 atom stereocenters. The zero-order valence-corrected chi connectivity index (χ0v) is 9.88. The van der Waals surface area contributed by atoms with Crippen LogP contribution in [0.5, 0.6) is 0 Å². The van der Waals surface area contributed by atoms with Crippen LogP contribution in [0.1, 0.15) is 38.5 Å². The van der Waals surface area contributed by atoms with Gasteiger partial charge in [-0.2, -0.15) is 4.31 Å². The van der Waals surface area contributed by atoms with Crippen molar-refractivity contribution in [2.24, 2.45) is 5.73 Å². The third-order valence-electron chi connectivity index (χ3n) is 3.65. The molecule has 2 fully saturated rings. The second kappa shape index (κ2) is 4.39. The molecule has 1 saturated heterocycles. The fourth-order valence-electron chi connectivity index (χ4n) is 2.76. The molecule has 0 aromatic rings. The molecule has 2 aliphatic rings. The largest absolute Gasteiger partial charge is 0.329 e. The van der Waals surface area contributed by atoms with Crippen LogP contribution in [-0.4, -0.2) is 37.1 Å². The molecule has 0 radical (unpaired) electrons. The highest BCUT2D eigenvalue weighted by molar-refractivity contribution is 7.89. The summed E-state index contributed by atoms with van der Waals surface area (Å²) in [7, 11) is -3.05. The molecule has 88 valence electrons. The molecular weight excluding hydrogens is 212 g/mol. The van der Waals surface area contributed by atoms with Crippen molar-refractivity contribution >= 4 is 10.0 Å². The second-order valence-electron chi connectivity index (χ2n) is 4.59. The lowest BCUT2D eigenvalue weighted by atomic mass is 10.2. The predicted octanol–water partition coefficient (Wildman–Crippen LogP) is 0.682. The van der Waals surface area contributed by atoms with Gasteiger partial charge in [-0.3, -0.25) is 0 Å². The van der Waals surface area contributed by atoms with Crippen molar-refractivity contribution < 1.29 is 8.42 Å². The summed E-state index contributed by atoms with van der Waals surface area (Å²) in [5, 5.41) is -0.121. The third kappa shape index (κ3) is 2.05. The van der Waals surface area contributed by atoms with Gasteiger partial charge in [0.05, 0.1) is 5.25 Å². The van der Waals surface area contributed by atoms with E-state index < -0.39 is 10.0 Å². The van der Waals surface area contributed by atoms with E-state index in [1.54, 1.807) is 4.31 Å². The van der Waals surface area contributed by atoms with Gasteiger partial charge in [0, 0.05) is 19.1 Å². The Morgan fingerprint density at radius 2 is 1.80 bits per heavy atom. The van der Waals surface area contributed by atoms with Gasteiger partial charge in [0.25, 0.3) is 0 Å². The predicted molar refractivity (Wildman–Crippen MR) is 60.0 cm³/mol. The average molecular weight is 232 g/mol. The fourth-order valence-corrected chi connectivity index (χ4v) is 5.06. The first kappa shape index (κ1) is 11.4. The quantitative estimate of drug-likeness (QED) is 0.778. The van der Waals surface area contributed by atoms with Gasteiger partial charge in [-0.25, -0.2) is 8.42 Å². The first-order valence-electron chi connectivity index (χ1n) is 5.87. The Morgan fingerprint density at radius 3 is 2.40 bits per heavy atom. The van der Waals surface area contributed by atoms with Crippen LogP contribution in [0.2, 0.25) is 0 Å². The van der Waals surface area contributed by atoms with Crippen LogP contribution in [0.3, 0.4) is 0 Å². The van der Waals surface area contributed by atoms with Crippen molar-refractivity contribution in [1.82, 2.24) is 4.31 Å². The van der Waals surface area contributed by atoms with Gasteiger partial charge in [0.1, 0.15) is 0 Å². The summed E-state index contributed by atoms with van der Waals surface area (Å²) in [6, 6.07) is 0.0654. The zero-order valence-electron chi connectivity index (χ0n) is 9.06. The van der Waals surface area contributed by atoms with Gasteiger partial charge in [-0.15, -0.1) is 0 Å². The Labute approximate surface area is 91.9 Å². The highest BCUT2D eigenvalue weighted by atomic mass is 32.2. The van der Waals surface area contributed by atoms with E-state index in [4.69, 9.17) is 5.73 Å². The summed E-state index contributed by atoms with van der Waals surface area (Å²) in [5.41, 5.74) is 5.61. The smallest absolute Gasteiger partial charge is 0.217 e. The molecule has 1 aliphatic carbocycles. The van der Waals surface area contributed by atoms with Crippen molar-refractivity contribution in [3.05, 3.63) is 0 Å². The SMILES string of the molecule is NCC1CCCN1S(=O)(=O)C1CCCC1. The first-order chi connectivity index (χ1) is 7.16. The molecule has 5 heteroatoms. The van der Waals surface area contributed by atoms with E-state index in [1.165, 1.54) is 0 Å². The summed E-state index contributed by atoms with van der Waals surface area (Å²) in [6.45, 7) is 1.15. The maximum atomic E-state index is 12.3. The lowest BCUT2D eigenvalue weighted by Crippen LogP contribution is -2.43. The van der Waals surface area contributed by atoms with E-state index >= 15 is 0 Å². The highest BCUT2D eigenvalue weighted by Gasteiger charge is 2.39. The fraction of sp³-hybridized carbons (Fsp3) is 1.00. The molecule has 1 heterocycles. The van der Waals surface area contributed by atoms with Crippen molar-refractivity contribution in [2.45, 2.75) is 49.8 Å². The molecule has 0 amide bonds. The van der Waals surface area contributed by atoms with E-state index in [9.17, 15) is 8.42 Å². The number of nitrogens with zero attached hydrogens (tertiary/aromatic N) is 1. The minimum atomic E-state index is -3.05. The standard InChI is InChI=1S/C10H20N2O2S/c11-8-9-4-3-7-12(9)15(13,14)10-5-1-2-6-10/h9-10H,1-8,11H2. The van der Waals surface area contributed by atoms with Crippen LogP contribution in [0.4, 0.5) is 0 Å². The number of hydrogen-bond donors (Lipinski definition) is 1. The van der Waals surface area contributed by atoms with Crippen molar-refractivity contribution in [2.75, 3.05) is 13.1 Å².